The van der Waals surface area contributed by atoms with E-state index in [1.54, 1.807) is 4.52 Å². The molecule has 1 amide bonds. The summed E-state index contributed by atoms with van der Waals surface area (Å²) >= 11 is 0. The summed E-state index contributed by atoms with van der Waals surface area (Å²) in [5.41, 5.74) is 3.39. The Morgan fingerprint density at radius 1 is 1.31 bits per heavy atom. The zero-order chi connectivity index (χ0) is 18.7. The molecule has 3 rings (SSSR count). The van der Waals surface area contributed by atoms with Crippen molar-refractivity contribution in [3.63, 3.8) is 0 Å². The summed E-state index contributed by atoms with van der Waals surface area (Å²) in [5.74, 6) is 1.02. The highest BCUT2D eigenvalue weighted by atomic mass is 16.2. The topological polar surface area (TPSA) is 70.5 Å². The quantitative estimate of drug-likeness (QED) is 0.893. The van der Waals surface area contributed by atoms with E-state index in [0.29, 0.717) is 18.5 Å². The molecule has 142 valence electrons. The SMILES string of the molecule is CCCC1CCCN(C(=O)CCc2c(C)nc3cc(=O)[nH]n3c2C)CC1. The van der Waals surface area contributed by atoms with Gasteiger partial charge in [-0.25, -0.2) is 9.50 Å². The number of carbonyl (C=O) groups excluding carboxylic acids is 1. The molecule has 1 unspecified atom stereocenters. The molecule has 6 nitrogen and oxygen atoms in total. The molecule has 1 saturated heterocycles. The largest absolute Gasteiger partial charge is 0.343 e. The van der Waals surface area contributed by atoms with Gasteiger partial charge < -0.3 is 4.90 Å². The minimum atomic E-state index is -0.153. The Kier molecular flexibility index (Phi) is 5.79. The van der Waals surface area contributed by atoms with Crippen molar-refractivity contribution in [3.05, 3.63) is 33.4 Å². The van der Waals surface area contributed by atoms with Crippen LogP contribution >= 0.6 is 0 Å². The maximum Gasteiger partial charge on any atom is 0.266 e. The minimum Gasteiger partial charge on any atom is -0.343 e. The second-order valence-electron chi connectivity index (χ2n) is 7.54. The lowest BCUT2D eigenvalue weighted by Gasteiger charge is -2.21. The molecular formula is C20H30N4O2. The second kappa shape index (κ2) is 8.06. The lowest BCUT2D eigenvalue weighted by Crippen LogP contribution is -2.32. The van der Waals surface area contributed by atoms with E-state index in [1.165, 1.54) is 25.3 Å². The van der Waals surface area contributed by atoms with Crippen molar-refractivity contribution in [1.82, 2.24) is 19.5 Å². The molecule has 26 heavy (non-hydrogen) atoms. The summed E-state index contributed by atoms with van der Waals surface area (Å²) in [6, 6.07) is 1.50. The summed E-state index contributed by atoms with van der Waals surface area (Å²) < 4.78 is 1.72. The Morgan fingerprint density at radius 3 is 2.88 bits per heavy atom. The Labute approximate surface area is 154 Å². The first-order valence-electron chi connectivity index (χ1n) is 9.85. The van der Waals surface area contributed by atoms with Crippen LogP contribution in [-0.4, -0.2) is 38.5 Å². The number of amides is 1. The Morgan fingerprint density at radius 2 is 2.12 bits per heavy atom. The maximum atomic E-state index is 12.7. The molecule has 0 bridgehead atoms. The summed E-state index contributed by atoms with van der Waals surface area (Å²) in [6.07, 6.45) is 7.17. The van der Waals surface area contributed by atoms with Crippen LogP contribution in [0.15, 0.2) is 10.9 Å². The average Bonchev–Trinajstić information content (AvgIpc) is 2.82. The van der Waals surface area contributed by atoms with Crippen molar-refractivity contribution in [2.24, 2.45) is 5.92 Å². The molecule has 0 spiro atoms. The van der Waals surface area contributed by atoms with Crippen molar-refractivity contribution < 1.29 is 4.79 Å². The zero-order valence-electron chi connectivity index (χ0n) is 16.2. The van der Waals surface area contributed by atoms with Gasteiger partial charge in [0.25, 0.3) is 5.56 Å². The smallest absolute Gasteiger partial charge is 0.266 e. The fourth-order valence-corrected chi connectivity index (χ4v) is 4.22. The zero-order valence-corrected chi connectivity index (χ0v) is 16.2. The van der Waals surface area contributed by atoms with Gasteiger partial charge in [-0.15, -0.1) is 0 Å². The number of nitrogens with one attached hydrogen (secondary N) is 1. The van der Waals surface area contributed by atoms with E-state index < -0.39 is 0 Å². The van der Waals surface area contributed by atoms with Crippen LogP contribution in [0.25, 0.3) is 5.65 Å². The lowest BCUT2D eigenvalue weighted by atomic mass is 9.96. The van der Waals surface area contributed by atoms with Crippen molar-refractivity contribution in [3.8, 4) is 0 Å². The molecule has 6 heteroatoms. The van der Waals surface area contributed by atoms with E-state index in [2.05, 4.69) is 17.0 Å². The molecule has 2 aromatic rings. The molecule has 1 aliphatic rings. The molecule has 1 aliphatic heterocycles. The van der Waals surface area contributed by atoms with Gasteiger partial charge in [0.05, 0.1) is 0 Å². The number of aryl methyl sites for hydroxylation is 2. The number of H-pyrrole nitrogens is 1. The average molecular weight is 358 g/mol. The van der Waals surface area contributed by atoms with Crippen LogP contribution in [0.2, 0.25) is 0 Å². The van der Waals surface area contributed by atoms with Gasteiger partial charge in [0.1, 0.15) is 0 Å². The Balaban J connectivity index is 1.66. The highest BCUT2D eigenvalue weighted by Crippen LogP contribution is 2.23. The van der Waals surface area contributed by atoms with Crippen molar-refractivity contribution in [1.29, 1.82) is 0 Å². The van der Waals surface area contributed by atoms with Crippen molar-refractivity contribution in [2.45, 2.75) is 65.7 Å². The summed E-state index contributed by atoms with van der Waals surface area (Å²) in [5, 5.41) is 2.77. The van der Waals surface area contributed by atoms with Crippen LogP contribution in [0.1, 0.15) is 62.4 Å². The highest BCUT2D eigenvalue weighted by Gasteiger charge is 2.21. The third-order valence-corrected chi connectivity index (χ3v) is 5.69. The second-order valence-corrected chi connectivity index (χ2v) is 7.54. The van der Waals surface area contributed by atoms with E-state index in [1.807, 2.05) is 18.7 Å². The molecule has 1 atom stereocenters. The number of likely N-dealkylation sites (tertiary alicyclic amines) is 1. The van der Waals surface area contributed by atoms with Crippen LogP contribution in [-0.2, 0) is 11.2 Å². The fraction of sp³-hybridized carbons (Fsp3) is 0.650. The minimum absolute atomic E-state index is 0.153. The number of fused-ring (bicyclic) bond motifs is 1. The van der Waals surface area contributed by atoms with E-state index in [4.69, 9.17) is 0 Å². The number of carbonyl (C=O) groups is 1. The van der Waals surface area contributed by atoms with Gasteiger partial charge in [-0.1, -0.05) is 19.8 Å². The molecule has 1 fully saturated rings. The monoisotopic (exact) mass is 358 g/mol. The number of hydrogen-bond donors (Lipinski definition) is 1. The third-order valence-electron chi connectivity index (χ3n) is 5.69. The van der Waals surface area contributed by atoms with E-state index in [-0.39, 0.29) is 11.5 Å². The first-order chi connectivity index (χ1) is 12.5. The van der Waals surface area contributed by atoms with Crippen LogP contribution < -0.4 is 5.56 Å². The summed E-state index contributed by atoms with van der Waals surface area (Å²) in [4.78, 5) is 30.8. The molecule has 0 aromatic carbocycles. The van der Waals surface area contributed by atoms with Crippen LogP contribution in [0.3, 0.4) is 0 Å². The van der Waals surface area contributed by atoms with Gasteiger partial charge in [-0.2, -0.15) is 0 Å². The predicted octanol–water partition coefficient (Wildman–Crippen LogP) is 3.00. The van der Waals surface area contributed by atoms with Crippen LogP contribution in [0.5, 0.6) is 0 Å². The van der Waals surface area contributed by atoms with Crippen LogP contribution in [0.4, 0.5) is 0 Å². The first-order valence-corrected chi connectivity index (χ1v) is 9.85. The standard InChI is InChI=1S/C20H30N4O2/c1-4-6-16-7-5-11-23(12-10-16)20(26)9-8-17-14(2)21-18-13-19(25)22-24(18)15(17)3/h13,16H,4-12H2,1-3H3,(H,22,25). The summed E-state index contributed by atoms with van der Waals surface area (Å²) in [7, 11) is 0. The molecule has 3 heterocycles. The molecule has 1 N–H and O–H groups in total. The van der Waals surface area contributed by atoms with Gasteiger partial charge >= 0.3 is 0 Å². The Bertz CT molecular complexity index is 836. The predicted molar refractivity (Wildman–Crippen MR) is 102 cm³/mol. The number of hydrogen-bond acceptors (Lipinski definition) is 3. The van der Waals surface area contributed by atoms with E-state index >= 15 is 0 Å². The van der Waals surface area contributed by atoms with Gasteiger partial charge in [0, 0.05) is 37.0 Å². The Hall–Kier alpha value is -2.11. The number of nitrogens with zero attached hydrogens (tertiary/aromatic N) is 3. The number of rotatable bonds is 5. The van der Waals surface area contributed by atoms with Gasteiger partial charge in [0.2, 0.25) is 5.91 Å². The molecule has 0 radical (unpaired) electrons. The molecular weight excluding hydrogens is 328 g/mol. The van der Waals surface area contributed by atoms with Crippen LogP contribution in [0, 0.1) is 19.8 Å². The third kappa shape index (κ3) is 4.00. The van der Waals surface area contributed by atoms with E-state index in [9.17, 15) is 9.59 Å². The lowest BCUT2D eigenvalue weighted by molar-refractivity contribution is -0.131. The van der Waals surface area contributed by atoms with Gasteiger partial charge in [0.15, 0.2) is 5.65 Å². The highest BCUT2D eigenvalue weighted by molar-refractivity contribution is 5.76. The van der Waals surface area contributed by atoms with Crippen molar-refractivity contribution >= 4 is 11.6 Å². The number of aromatic amines is 1. The fourth-order valence-electron chi connectivity index (χ4n) is 4.22. The first kappa shape index (κ1) is 18.7. The van der Waals surface area contributed by atoms with E-state index in [0.717, 1.165) is 48.8 Å². The number of aromatic nitrogens is 3. The molecule has 2 aromatic heterocycles. The van der Waals surface area contributed by atoms with Crippen molar-refractivity contribution in [2.75, 3.05) is 13.1 Å². The van der Waals surface area contributed by atoms with Gasteiger partial charge in [-0.05, 0) is 51.0 Å². The van der Waals surface area contributed by atoms with Gasteiger partial charge in [-0.3, -0.25) is 14.7 Å². The molecule has 0 aliphatic carbocycles. The maximum absolute atomic E-state index is 12.7. The molecule has 0 saturated carbocycles. The summed E-state index contributed by atoms with van der Waals surface area (Å²) in [6.45, 7) is 7.94. The normalized spacial score (nSPS) is 18.3.